The quantitative estimate of drug-likeness (QED) is 0.548. The lowest BCUT2D eigenvalue weighted by molar-refractivity contribution is -0.143. The Kier molecular flexibility index (Phi) is 9.91. The molecule has 6 nitrogen and oxygen atoms in total. The van der Waals surface area contributed by atoms with Gasteiger partial charge >= 0.3 is 5.97 Å². The summed E-state index contributed by atoms with van der Waals surface area (Å²) in [5.74, 6) is -1.23. The highest BCUT2D eigenvalue weighted by molar-refractivity contribution is 6.07. The molecule has 0 aromatic carbocycles. The Balaban J connectivity index is 0.000000433. The summed E-state index contributed by atoms with van der Waals surface area (Å²) in [6.07, 6.45) is 2.45. The molecule has 0 unspecified atom stereocenters. The van der Waals surface area contributed by atoms with E-state index in [1.807, 2.05) is 0 Å². The van der Waals surface area contributed by atoms with E-state index in [0.29, 0.717) is 32.1 Å². The number of carbonyl (C=O) groups is 5. The smallest absolute Gasteiger partial charge is 0.313 e. The molecule has 0 bridgehead atoms. The van der Waals surface area contributed by atoms with Gasteiger partial charge in [-0.1, -0.05) is 13.8 Å². The van der Waals surface area contributed by atoms with Crippen molar-refractivity contribution >= 4 is 29.1 Å². The molecule has 6 heteroatoms. The zero-order chi connectivity index (χ0) is 17.1. The number of methoxy groups -OCH3 is 1. The summed E-state index contributed by atoms with van der Waals surface area (Å²) >= 11 is 0. The molecule has 124 valence electrons. The van der Waals surface area contributed by atoms with Gasteiger partial charge in [-0.05, 0) is 6.42 Å². The molecule has 0 spiro atoms. The van der Waals surface area contributed by atoms with Crippen LogP contribution >= 0.6 is 0 Å². The number of Topliss-reactive ketones (excluding diaryl/α,β-unsaturated/α-hetero) is 4. The van der Waals surface area contributed by atoms with Crippen LogP contribution in [0.1, 0.15) is 58.8 Å². The second-order valence-corrected chi connectivity index (χ2v) is 5.08. The molecule has 0 aromatic heterocycles. The van der Waals surface area contributed by atoms with Crippen LogP contribution in [0, 0.1) is 5.92 Å². The summed E-state index contributed by atoms with van der Waals surface area (Å²) in [4.78, 5) is 54.5. The molecule has 0 heterocycles. The number of hydrogen-bond donors (Lipinski definition) is 0. The lowest BCUT2D eigenvalue weighted by Crippen LogP contribution is -2.30. The van der Waals surface area contributed by atoms with Crippen LogP contribution in [0.2, 0.25) is 0 Å². The largest absolute Gasteiger partial charge is 0.469 e. The number of ether oxygens (including phenoxy) is 1. The zero-order valence-electron chi connectivity index (χ0n) is 13.5. The maximum Gasteiger partial charge on any atom is 0.313 e. The molecule has 1 rings (SSSR count). The predicted octanol–water partition coefficient (Wildman–Crippen LogP) is 1.82. The Hall–Kier alpha value is -1.85. The summed E-state index contributed by atoms with van der Waals surface area (Å²) in [7, 11) is 1.27. The minimum Gasteiger partial charge on any atom is -0.469 e. The molecular weight excluding hydrogens is 288 g/mol. The van der Waals surface area contributed by atoms with Gasteiger partial charge in [-0.25, -0.2) is 0 Å². The maximum atomic E-state index is 11.3. The third-order valence-corrected chi connectivity index (χ3v) is 3.41. The molecule has 1 fully saturated rings. The van der Waals surface area contributed by atoms with Crippen molar-refractivity contribution in [3.63, 3.8) is 0 Å². The van der Waals surface area contributed by atoms with Crippen molar-refractivity contribution in [2.45, 2.75) is 58.8 Å². The second-order valence-electron chi connectivity index (χ2n) is 5.08. The van der Waals surface area contributed by atoms with Crippen molar-refractivity contribution in [2.24, 2.45) is 5.92 Å². The highest BCUT2D eigenvalue weighted by Crippen LogP contribution is 2.20. The van der Waals surface area contributed by atoms with E-state index in [2.05, 4.69) is 4.74 Å². The van der Waals surface area contributed by atoms with Crippen LogP contribution in [0.15, 0.2) is 0 Å². The topological polar surface area (TPSA) is 94.6 Å². The zero-order valence-corrected chi connectivity index (χ0v) is 13.5. The van der Waals surface area contributed by atoms with E-state index in [-0.39, 0.29) is 36.0 Å². The van der Waals surface area contributed by atoms with E-state index in [9.17, 15) is 24.0 Å². The van der Waals surface area contributed by atoms with E-state index >= 15 is 0 Å². The third-order valence-electron chi connectivity index (χ3n) is 3.41. The minimum atomic E-state index is -0.610. The summed E-state index contributed by atoms with van der Waals surface area (Å²) in [6.45, 7) is 3.46. The predicted molar refractivity (Wildman–Crippen MR) is 79.2 cm³/mol. The molecule has 1 aliphatic rings. The first-order valence-electron chi connectivity index (χ1n) is 7.51. The third kappa shape index (κ3) is 7.81. The van der Waals surface area contributed by atoms with E-state index in [0.717, 1.165) is 0 Å². The lowest BCUT2D eigenvalue weighted by Gasteiger charge is -2.17. The summed E-state index contributed by atoms with van der Waals surface area (Å²) in [6, 6.07) is 0. The van der Waals surface area contributed by atoms with Crippen LogP contribution in [0.25, 0.3) is 0 Å². The Labute approximate surface area is 130 Å². The monoisotopic (exact) mass is 312 g/mol. The first-order chi connectivity index (χ1) is 10.3. The molecular formula is C16H24O6. The Morgan fingerprint density at radius 2 is 1.50 bits per heavy atom. The van der Waals surface area contributed by atoms with Crippen LogP contribution in [-0.2, 0) is 28.7 Å². The van der Waals surface area contributed by atoms with Gasteiger partial charge in [0.15, 0.2) is 0 Å². The van der Waals surface area contributed by atoms with Gasteiger partial charge in [-0.3, -0.25) is 24.0 Å². The van der Waals surface area contributed by atoms with Gasteiger partial charge in [-0.2, -0.15) is 0 Å². The fraction of sp³-hybridized carbons (Fsp3) is 0.688. The van der Waals surface area contributed by atoms with Gasteiger partial charge < -0.3 is 4.74 Å². The van der Waals surface area contributed by atoms with Gasteiger partial charge in [-0.15, -0.1) is 0 Å². The fourth-order valence-corrected chi connectivity index (χ4v) is 1.92. The average Bonchev–Trinajstić information content (AvgIpc) is 2.51. The van der Waals surface area contributed by atoms with E-state index < -0.39 is 11.9 Å². The molecule has 0 atom stereocenters. The highest BCUT2D eigenvalue weighted by atomic mass is 16.5. The van der Waals surface area contributed by atoms with Crippen LogP contribution < -0.4 is 0 Å². The van der Waals surface area contributed by atoms with Crippen LogP contribution in [0.4, 0.5) is 0 Å². The highest BCUT2D eigenvalue weighted by Gasteiger charge is 2.30. The van der Waals surface area contributed by atoms with Crippen LogP contribution in [0.3, 0.4) is 0 Å². The van der Waals surface area contributed by atoms with Crippen LogP contribution in [-0.4, -0.2) is 36.2 Å². The van der Waals surface area contributed by atoms with Crippen molar-refractivity contribution in [3.8, 4) is 0 Å². The number of ketones is 4. The van der Waals surface area contributed by atoms with Crippen molar-refractivity contribution in [1.29, 1.82) is 0 Å². The van der Waals surface area contributed by atoms with Gasteiger partial charge in [0, 0.05) is 32.1 Å². The molecule has 0 amide bonds. The standard InChI is InChI=1S/C10H14O3.C6H10O3/c1-2-7(11)6-8-9(12)4-3-5-10(8)13;1-3-5(7)4-6(8)9-2/h8H,2-6H2,1H3;3-4H2,1-2H3. The molecule has 0 saturated heterocycles. The molecule has 0 radical (unpaired) electrons. The number of carbonyl (C=O) groups excluding carboxylic acids is 5. The summed E-state index contributed by atoms with van der Waals surface area (Å²) in [5, 5.41) is 0. The Morgan fingerprint density at radius 1 is 1.00 bits per heavy atom. The van der Waals surface area contributed by atoms with Crippen molar-refractivity contribution in [3.05, 3.63) is 0 Å². The van der Waals surface area contributed by atoms with Crippen molar-refractivity contribution in [2.75, 3.05) is 7.11 Å². The van der Waals surface area contributed by atoms with Gasteiger partial charge in [0.1, 0.15) is 29.6 Å². The fourth-order valence-electron chi connectivity index (χ4n) is 1.92. The first-order valence-corrected chi connectivity index (χ1v) is 7.51. The number of esters is 1. The maximum absolute atomic E-state index is 11.3. The molecule has 0 aliphatic heterocycles. The second kappa shape index (κ2) is 10.8. The molecule has 1 aliphatic carbocycles. The van der Waals surface area contributed by atoms with E-state index in [1.165, 1.54) is 7.11 Å². The number of hydrogen-bond acceptors (Lipinski definition) is 6. The Morgan fingerprint density at radius 3 is 1.91 bits per heavy atom. The SMILES string of the molecule is CCC(=O)CC(=O)OC.CCC(=O)CC1C(=O)CCCC1=O. The van der Waals surface area contributed by atoms with Crippen molar-refractivity contribution < 1.29 is 28.7 Å². The summed E-state index contributed by atoms with van der Waals surface area (Å²) < 4.78 is 4.26. The van der Waals surface area contributed by atoms with Gasteiger partial charge in [0.25, 0.3) is 0 Å². The van der Waals surface area contributed by atoms with Crippen LogP contribution in [0.5, 0.6) is 0 Å². The normalized spacial score (nSPS) is 14.9. The summed E-state index contributed by atoms with van der Waals surface area (Å²) in [5.41, 5.74) is 0. The molecule has 0 N–H and O–H groups in total. The van der Waals surface area contributed by atoms with Crippen molar-refractivity contribution in [1.82, 2.24) is 0 Å². The average molecular weight is 312 g/mol. The first kappa shape index (κ1) is 20.1. The van der Waals surface area contributed by atoms with E-state index in [1.54, 1.807) is 13.8 Å². The van der Waals surface area contributed by atoms with Gasteiger partial charge in [0.2, 0.25) is 0 Å². The number of rotatable bonds is 6. The molecule has 1 saturated carbocycles. The molecule has 22 heavy (non-hydrogen) atoms. The minimum absolute atomic E-state index is 0.00796. The molecule has 0 aromatic rings. The lowest BCUT2D eigenvalue weighted by atomic mass is 9.83. The Bertz CT molecular complexity index is 408. The van der Waals surface area contributed by atoms with E-state index in [4.69, 9.17) is 0 Å². The van der Waals surface area contributed by atoms with Gasteiger partial charge in [0.05, 0.1) is 13.0 Å².